The number of hydrogen-bond acceptors (Lipinski definition) is 3. The second-order valence-electron chi connectivity index (χ2n) is 5.41. The molecule has 0 saturated heterocycles. The summed E-state index contributed by atoms with van der Waals surface area (Å²) in [5.41, 5.74) is 7.67. The minimum atomic E-state index is -2.81. The number of H-pyrrole nitrogens is 1. The van der Waals surface area contributed by atoms with Crippen LogP contribution in [0, 0.1) is 0 Å². The Labute approximate surface area is 121 Å². The standard InChI is InChI=1S/C15H17F2N3O/c16-14(17)21-11-5-3-10(4-6-11)12-9-19-13(20-12)15(18)7-1-2-8-15/h3-6,9,14H,1-2,7-8,18H2,(H,19,20). The van der Waals surface area contributed by atoms with E-state index in [2.05, 4.69) is 14.7 Å². The average Bonchev–Trinajstić information content (AvgIpc) is 3.09. The van der Waals surface area contributed by atoms with Crippen LogP contribution in [0.1, 0.15) is 31.5 Å². The van der Waals surface area contributed by atoms with Crippen LogP contribution >= 0.6 is 0 Å². The van der Waals surface area contributed by atoms with Crippen molar-refractivity contribution in [3.05, 3.63) is 36.3 Å². The lowest BCUT2D eigenvalue weighted by Gasteiger charge is -2.20. The van der Waals surface area contributed by atoms with E-state index in [1.54, 1.807) is 18.3 Å². The van der Waals surface area contributed by atoms with Gasteiger partial charge in [0.25, 0.3) is 0 Å². The number of aromatic nitrogens is 2. The lowest BCUT2D eigenvalue weighted by molar-refractivity contribution is -0.0498. The van der Waals surface area contributed by atoms with Crippen molar-refractivity contribution in [3.8, 4) is 17.0 Å². The molecule has 1 aliphatic rings. The van der Waals surface area contributed by atoms with Gasteiger partial charge in [0.1, 0.15) is 11.6 Å². The Morgan fingerprint density at radius 3 is 2.48 bits per heavy atom. The number of nitrogens with one attached hydrogen (secondary N) is 1. The van der Waals surface area contributed by atoms with Crippen LogP contribution in [-0.4, -0.2) is 16.6 Å². The van der Waals surface area contributed by atoms with Crippen LogP contribution in [0.3, 0.4) is 0 Å². The Kier molecular flexibility index (Phi) is 3.63. The monoisotopic (exact) mass is 293 g/mol. The van der Waals surface area contributed by atoms with Gasteiger partial charge >= 0.3 is 6.61 Å². The second-order valence-corrected chi connectivity index (χ2v) is 5.41. The van der Waals surface area contributed by atoms with E-state index in [0.29, 0.717) is 0 Å². The van der Waals surface area contributed by atoms with Crippen molar-refractivity contribution >= 4 is 0 Å². The summed E-state index contributed by atoms with van der Waals surface area (Å²) in [5, 5.41) is 0. The van der Waals surface area contributed by atoms with Crippen LogP contribution < -0.4 is 10.5 Å². The van der Waals surface area contributed by atoms with E-state index in [-0.39, 0.29) is 11.3 Å². The quantitative estimate of drug-likeness (QED) is 0.908. The molecule has 0 bridgehead atoms. The molecule has 0 amide bonds. The minimum absolute atomic E-state index is 0.138. The molecule has 0 aliphatic heterocycles. The highest BCUT2D eigenvalue weighted by Gasteiger charge is 2.33. The average molecular weight is 293 g/mol. The number of ether oxygens (including phenoxy) is 1. The Morgan fingerprint density at radius 1 is 1.19 bits per heavy atom. The van der Waals surface area contributed by atoms with Crippen molar-refractivity contribution in [2.45, 2.75) is 37.8 Å². The summed E-state index contributed by atoms with van der Waals surface area (Å²) in [7, 11) is 0. The summed E-state index contributed by atoms with van der Waals surface area (Å²) < 4.78 is 28.5. The zero-order valence-corrected chi connectivity index (χ0v) is 11.5. The summed E-state index contributed by atoms with van der Waals surface area (Å²) in [6.45, 7) is -2.81. The van der Waals surface area contributed by atoms with Gasteiger partial charge in [0.15, 0.2) is 0 Å². The van der Waals surface area contributed by atoms with E-state index in [1.165, 1.54) is 12.1 Å². The van der Waals surface area contributed by atoms with Gasteiger partial charge in [-0.2, -0.15) is 8.78 Å². The third-order valence-electron chi connectivity index (χ3n) is 3.93. The van der Waals surface area contributed by atoms with E-state index in [9.17, 15) is 8.78 Å². The molecule has 3 N–H and O–H groups in total. The molecule has 112 valence electrons. The van der Waals surface area contributed by atoms with Gasteiger partial charge in [-0.3, -0.25) is 0 Å². The maximum Gasteiger partial charge on any atom is 0.387 e. The molecule has 21 heavy (non-hydrogen) atoms. The topological polar surface area (TPSA) is 63.9 Å². The largest absolute Gasteiger partial charge is 0.435 e. The minimum Gasteiger partial charge on any atom is -0.435 e. The SMILES string of the molecule is NC1(c2ncc(-c3ccc(OC(F)F)cc3)[nH]2)CCCC1. The zero-order chi connectivity index (χ0) is 14.9. The molecule has 1 aromatic heterocycles. The van der Waals surface area contributed by atoms with Crippen LogP contribution in [0.5, 0.6) is 5.75 Å². The molecular formula is C15H17F2N3O. The van der Waals surface area contributed by atoms with E-state index in [4.69, 9.17) is 5.73 Å². The van der Waals surface area contributed by atoms with E-state index in [1.807, 2.05) is 0 Å². The fraction of sp³-hybridized carbons (Fsp3) is 0.400. The zero-order valence-electron chi connectivity index (χ0n) is 11.5. The molecule has 3 rings (SSSR count). The predicted molar refractivity (Wildman–Crippen MR) is 75.0 cm³/mol. The molecule has 6 heteroatoms. The summed E-state index contributed by atoms with van der Waals surface area (Å²) in [5.74, 6) is 0.933. The number of aromatic amines is 1. The van der Waals surface area contributed by atoms with Crippen molar-refractivity contribution < 1.29 is 13.5 Å². The summed E-state index contributed by atoms with van der Waals surface area (Å²) in [6.07, 6.45) is 5.83. The molecule has 1 heterocycles. The molecule has 0 atom stereocenters. The van der Waals surface area contributed by atoms with Crippen LogP contribution in [0.4, 0.5) is 8.78 Å². The number of nitrogens with two attached hydrogens (primary N) is 1. The molecule has 1 fully saturated rings. The number of nitrogens with zero attached hydrogens (tertiary/aromatic N) is 1. The first kappa shape index (κ1) is 14.0. The Balaban J connectivity index is 1.80. The fourth-order valence-electron chi connectivity index (χ4n) is 2.78. The highest BCUT2D eigenvalue weighted by molar-refractivity contribution is 5.59. The first-order chi connectivity index (χ1) is 10.1. The molecule has 2 aromatic rings. The smallest absolute Gasteiger partial charge is 0.387 e. The maximum atomic E-state index is 12.1. The lowest BCUT2D eigenvalue weighted by Crippen LogP contribution is -2.34. The summed E-state index contributed by atoms with van der Waals surface area (Å²) in [4.78, 5) is 7.63. The Hall–Kier alpha value is -1.95. The number of rotatable bonds is 4. The van der Waals surface area contributed by atoms with Crippen molar-refractivity contribution in [2.24, 2.45) is 5.73 Å². The van der Waals surface area contributed by atoms with Crippen LogP contribution in [0.2, 0.25) is 0 Å². The van der Waals surface area contributed by atoms with Gasteiger partial charge in [0.2, 0.25) is 0 Å². The summed E-state index contributed by atoms with van der Waals surface area (Å²) in [6, 6.07) is 6.45. The molecule has 0 unspecified atom stereocenters. The van der Waals surface area contributed by atoms with Gasteiger partial charge in [0.05, 0.1) is 17.4 Å². The predicted octanol–water partition coefficient (Wildman–Crippen LogP) is 3.41. The van der Waals surface area contributed by atoms with Gasteiger partial charge < -0.3 is 15.5 Å². The first-order valence-corrected chi connectivity index (χ1v) is 6.96. The van der Waals surface area contributed by atoms with Gasteiger partial charge in [-0.25, -0.2) is 4.98 Å². The highest BCUT2D eigenvalue weighted by Crippen LogP contribution is 2.35. The van der Waals surface area contributed by atoms with Crippen molar-refractivity contribution in [3.63, 3.8) is 0 Å². The van der Waals surface area contributed by atoms with Crippen molar-refractivity contribution in [1.82, 2.24) is 9.97 Å². The molecule has 4 nitrogen and oxygen atoms in total. The number of benzene rings is 1. The van der Waals surface area contributed by atoms with Crippen LogP contribution in [0.15, 0.2) is 30.5 Å². The number of imidazole rings is 1. The normalized spacial score (nSPS) is 17.3. The van der Waals surface area contributed by atoms with E-state index >= 15 is 0 Å². The summed E-state index contributed by atoms with van der Waals surface area (Å²) >= 11 is 0. The lowest BCUT2D eigenvalue weighted by atomic mass is 9.99. The van der Waals surface area contributed by atoms with E-state index in [0.717, 1.165) is 42.8 Å². The van der Waals surface area contributed by atoms with Crippen molar-refractivity contribution in [2.75, 3.05) is 0 Å². The van der Waals surface area contributed by atoms with Gasteiger partial charge in [0, 0.05) is 0 Å². The van der Waals surface area contributed by atoms with Crippen molar-refractivity contribution in [1.29, 1.82) is 0 Å². The molecular weight excluding hydrogens is 276 g/mol. The second kappa shape index (κ2) is 5.44. The molecule has 0 spiro atoms. The molecule has 1 aliphatic carbocycles. The number of halogens is 2. The van der Waals surface area contributed by atoms with Gasteiger partial charge in [-0.1, -0.05) is 12.8 Å². The molecule has 1 saturated carbocycles. The maximum absolute atomic E-state index is 12.1. The molecule has 1 aromatic carbocycles. The van der Waals surface area contributed by atoms with Crippen LogP contribution in [0.25, 0.3) is 11.3 Å². The Bertz CT molecular complexity index is 604. The fourth-order valence-corrected chi connectivity index (χ4v) is 2.78. The number of hydrogen-bond donors (Lipinski definition) is 2. The third-order valence-corrected chi connectivity index (χ3v) is 3.93. The molecule has 0 radical (unpaired) electrons. The number of alkyl halides is 2. The highest BCUT2D eigenvalue weighted by atomic mass is 19.3. The Morgan fingerprint density at radius 2 is 1.86 bits per heavy atom. The van der Waals surface area contributed by atoms with Crippen LogP contribution in [-0.2, 0) is 5.54 Å². The van der Waals surface area contributed by atoms with Gasteiger partial charge in [-0.15, -0.1) is 0 Å². The van der Waals surface area contributed by atoms with Gasteiger partial charge in [-0.05, 0) is 42.7 Å². The van der Waals surface area contributed by atoms with E-state index < -0.39 is 6.61 Å². The third kappa shape index (κ3) is 2.90. The first-order valence-electron chi connectivity index (χ1n) is 6.96.